The van der Waals surface area contributed by atoms with Crippen LogP contribution in [0.3, 0.4) is 0 Å². The topological polar surface area (TPSA) is 16.4 Å². The van der Waals surface area contributed by atoms with Crippen LogP contribution in [-0.2, 0) is 5.41 Å². The molecule has 0 N–H and O–H groups in total. The largest absolute Gasteiger partial charge is 0.455 e. The van der Waals surface area contributed by atoms with Gasteiger partial charge in [0.1, 0.15) is 11.2 Å². The van der Waals surface area contributed by atoms with Gasteiger partial charge in [-0.3, -0.25) is 0 Å². The maximum absolute atomic E-state index is 6.67. The molecule has 0 saturated heterocycles. The van der Waals surface area contributed by atoms with E-state index in [2.05, 4.69) is 195 Å². The van der Waals surface area contributed by atoms with Gasteiger partial charge in [0.2, 0.25) is 0 Å². The van der Waals surface area contributed by atoms with Crippen molar-refractivity contribution < 1.29 is 4.42 Å². The Bertz CT molecular complexity index is 3400. The van der Waals surface area contributed by atoms with Gasteiger partial charge in [0.05, 0.1) is 0 Å². The molecule has 0 aliphatic heterocycles. The van der Waals surface area contributed by atoms with Crippen LogP contribution >= 0.6 is 11.3 Å². The second-order valence-electron chi connectivity index (χ2n) is 15.7. The predicted molar refractivity (Wildman–Crippen MR) is 239 cm³/mol. The van der Waals surface area contributed by atoms with E-state index in [1.807, 2.05) is 11.3 Å². The van der Waals surface area contributed by atoms with Gasteiger partial charge in [-0.1, -0.05) is 129 Å². The van der Waals surface area contributed by atoms with Gasteiger partial charge in [-0.2, -0.15) is 0 Å². The second-order valence-corrected chi connectivity index (χ2v) is 16.8. The normalized spacial score (nSPS) is 13.3. The van der Waals surface area contributed by atoms with E-state index in [1.165, 1.54) is 75.1 Å². The molecule has 1 aliphatic rings. The van der Waals surface area contributed by atoms with Crippen LogP contribution in [0.5, 0.6) is 0 Å². The summed E-state index contributed by atoms with van der Waals surface area (Å²) in [5, 5.41) is 9.71. The molecule has 12 rings (SSSR count). The highest BCUT2D eigenvalue weighted by Gasteiger charge is 2.35. The van der Waals surface area contributed by atoms with E-state index in [1.54, 1.807) is 0 Å². The molecular formula is C53H35NOS. The van der Waals surface area contributed by atoms with Gasteiger partial charge >= 0.3 is 0 Å². The first kappa shape index (κ1) is 31.6. The van der Waals surface area contributed by atoms with Crippen molar-refractivity contribution in [1.29, 1.82) is 0 Å². The minimum atomic E-state index is -0.114. The third kappa shape index (κ3) is 4.49. The van der Waals surface area contributed by atoms with E-state index in [4.69, 9.17) is 4.42 Å². The van der Waals surface area contributed by atoms with E-state index in [0.29, 0.717) is 0 Å². The minimum absolute atomic E-state index is 0.114. The van der Waals surface area contributed by atoms with Crippen LogP contribution in [0.25, 0.3) is 85.9 Å². The van der Waals surface area contributed by atoms with Crippen LogP contribution in [0.1, 0.15) is 25.0 Å². The average molecular weight is 734 g/mol. The van der Waals surface area contributed by atoms with Crippen LogP contribution < -0.4 is 4.90 Å². The minimum Gasteiger partial charge on any atom is -0.455 e. The Morgan fingerprint density at radius 1 is 0.446 bits per heavy atom. The van der Waals surface area contributed by atoms with Crippen molar-refractivity contribution >= 4 is 92.1 Å². The van der Waals surface area contributed by atoms with E-state index in [9.17, 15) is 0 Å². The summed E-state index contributed by atoms with van der Waals surface area (Å²) >= 11 is 1.85. The number of anilines is 3. The van der Waals surface area contributed by atoms with Gasteiger partial charge in [-0.25, -0.2) is 0 Å². The van der Waals surface area contributed by atoms with Crippen molar-refractivity contribution in [3.05, 3.63) is 187 Å². The molecule has 3 heteroatoms. The molecule has 2 aromatic heterocycles. The van der Waals surface area contributed by atoms with Crippen LogP contribution in [0, 0.1) is 0 Å². The summed E-state index contributed by atoms with van der Waals surface area (Å²) < 4.78 is 9.20. The quantitative estimate of drug-likeness (QED) is 0.179. The lowest BCUT2D eigenvalue weighted by atomic mass is 9.82. The zero-order valence-electron chi connectivity index (χ0n) is 31.0. The molecule has 0 bridgehead atoms. The monoisotopic (exact) mass is 733 g/mol. The Kier molecular flexibility index (Phi) is 6.59. The highest BCUT2D eigenvalue weighted by atomic mass is 32.1. The first-order valence-electron chi connectivity index (χ1n) is 19.3. The molecule has 1 aliphatic carbocycles. The van der Waals surface area contributed by atoms with Gasteiger partial charge in [-0.15, -0.1) is 11.3 Å². The Morgan fingerprint density at radius 3 is 1.98 bits per heavy atom. The van der Waals surface area contributed by atoms with Gasteiger partial charge < -0.3 is 9.32 Å². The van der Waals surface area contributed by atoms with Crippen molar-refractivity contribution in [1.82, 2.24) is 0 Å². The fourth-order valence-electron chi connectivity index (χ4n) is 9.53. The van der Waals surface area contributed by atoms with Gasteiger partial charge in [0.25, 0.3) is 0 Å². The Hall–Kier alpha value is -6.68. The van der Waals surface area contributed by atoms with Crippen LogP contribution in [0.4, 0.5) is 17.1 Å². The van der Waals surface area contributed by atoms with Crippen molar-refractivity contribution in [3.63, 3.8) is 0 Å². The molecule has 2 heterocycles. The van der Waals surface area contributed by atoms with Crippen LogP contribution in [0.2, 0.25) is 0 Å². The maximum atomic E-state index is 6.67. The SMILES string of the molecule is CC1(C)c2ccccc2-c2ccc(N(c3ccc(-c4cccc5ccccc45)cc3)c3ccc4sc5ccc6oc7c8ccccc8ccc7c6c5c4c3)cc21. The third-order valence-electron chi connectivity index (χ3n) is 12.3. The number of hydrogen-bond donors (Lipinski definition) is 0. The van der Waals surface area contributed by atoms with Crippen molar-refractivity contribution in [2.45, 2.75) is 19.3 Å². The fraction of sp³-hybridized carbons (Fsp3) is 0.0566. The number of thiophene rings is 1. The molecule has 56 heavy (non-hydrogen) atoms. The van der Waals surface area contributed by atoms with Crippen molar-refractivity contribution in [2.24, 2.45) is 0 Å². The summed E-state index contributed by atoms with van der Waals surface area (Å²) in [6, 6.07) is 64.7. The van der Waals surface area contributed by atoms with Gasteiger partial charge in [0.15, 0.2) is 0 Å². The Morgan fingerprint density at radius 2 is 1.11 bits per heavy atom. The van der Waals surface area contributed by atoms with E-state index in [-0.39, 0.29) is 5.41 Å². The third-order valence-corrected chi connectivity index (χ3v) is 13.4. The summed E-state index contributed by atoms with van der Waals surface area (Å²) in [5.41, 5.74) is 13.0. The number of nitrogens with zero attached hydrogens (tertiary/aromatic N) is 1. The number of rotatable bonds is 4. The molecule has 2 nitrogen and oxygen atoms in total. The fourth-order valence-corrected chi connectivity index (χ4v) is 10.6. The zero-order valence-corrected chi connectivity index (χ0v) is 31.8. The number of fused-ring (bicyclic) bond motifs is 13. The second kappa shape index (κ2) is 11.7. The summed E-state index contributed by atoms with van der Waals surface area (Å²) in [6.07, 6.45) is 0. The molecule has 0 fully saturated rings. The van der Waals surface area contributed by atoms with E-state index >= 15 is 0 Å². The molecule has 0 radical (unpaired) electrons. The standard InChI is InChI=1S/C53H35NOS/c1-53(2)45-17-8-7-15-41(45)42-26-23-37(31-46(42)53)54(35-21-18-34(19-22-35)39-16-9-12-32-10-3-5-13-38(32)39)36-24-28-48-44(30-36)51-49(56-48)29-27-47-50(51)43-25-20-33-11-4-6-14-40(33)52(43)55-47/h3-31H,1-2H3. The van der Waals surface area contributed by atoms with Crippen molar-refractivity contribution in [3.8, 4) is 22.3 Å². The number of hydrogen-bond acceptors (Lipinski definition) is 3. The van der Waals surface area contributed by atoms with E-state index in [0.717, 1.165) is 39.0 Å². The lowest BCUT2D eigenvalue weighted by Crippen LogP contribution is -2.16. The van der Waals surface area contributed by atoms with Gasteiger partial charge in [0, 0.05) is 58.8 Å². The van der Waals surface area contributed by atoms with Crippen LogP contribution in [-0.4, -0.2) is 0 Å². The van der Waals surface area contributed by atoms with E-state index < -0.39 is 0 Å². The molecule has 0 amide bonds. The summed E-state index contributed by atoms with van der Waals surface area (Å²) in [6.45, 7) is 4.72. The Labute approximate surface area is 328 Å². The smallest absolute Gasteiger partial charge is 0.143 e. The summed E-state index contributed by atoms with van der Waals surface area (Å²) in [5.74, 6) is 0. The maximum Gasteiger partial charge on any atom is 0.143 e. The molecule has 0 unspecified atom stereocenters. The van der Waals surface area contributed by atoms with Crippen molar-refractivity contribution in [2.75, 3.05) is 4.90 Å². The lowest BCUT2D eigenvalue weighted by Gasteiger charge is -2.28. The molecule has 264 valence electrons. The lowest BCUT2D eigenvalue weighted by molar-refractivity contribution is 0.660. The van der Waals surface area contributed by atoms with Gasteiger partial charge in [-0.05, 0) is 110 Å². The number of furan rings is 1. The predicted octanol–water partition coefficient (Wildman–Crippen LogP) is 15.7. The highest BCUT2D eigenvalue weighted by molar-refractivity contribution is 7.26. The molecule has 0 saturated carbocycles. The highest BCUT2D eigenvalue weighted by Crippen LogP contribution is 2.51. The number of benzene rings is 9. The first-order valence-corrected chi connectivity index (χ1v) is 20.1. The molecule has 0 atom stereocenters. The Balaban J connectivity index is 1.08. The average Bonchev–Trinajstić information content (AvgIpc) is 3.88. The molecular weight excluding hydrogens is 699 g/mol. The molecule has 9 aromatic carbocycles. The first-order chi connectivity index (χ1) is 27.5. The molecule has 11 aromatic rings. The summed E-state index contributed by atoms with van der Waals surface area (Å²) in [7, 11) is 0. The van der Waals surface area contributed by atoms with Crippen LogP contribution in [0.15, 0.2) is 180 Å². The zero-order chi connectivity index (χ0) is 37.1. The summed E-state index contributed by atoms with van der Waals surface area (Å²) in [4.78, 5) is 2.44. The molecule has 0 spiro atoms.